The Morgan fingerprint density at radius 1 is 1.04 bits per heavy atom. The molecule has 0 bridgehead atoms. The van der Waals surface area contributed by atoms with E-state index in [0.717, 1.165) is 22.6 Å². The third-order valence-electron chi connectivity index (χ3n) is 3.85. The van der Waals surface area contributed by atoms with Crippen LogP contribution in [-0.4, -0.2) is 35.5 Å². The number of nitrogens with zero attached hydrogens (tertiary/aromatic N) is 2. The van der Waals surface area contributed by atoms with Gasteiger partial charge < -0.3 is 9.47 Å². The molecule has 1 heterocycles. The van der Waals surface area contributed by atoms with E-state index in [1.165, 1.54) is 0 Å². The van der Waals surface area contributed by atoms with Crippen LogP contribution in [0.2, 0.25) is 0 Å². The van der Waals surface area contributed by atoms with Gasteiger partial charge in [0.15, 0.2) is 0 Å². The standard InChI is InChI=1S/C21H22N4O3/c1-3-27-17-9-5-15(6-10-17)14-22-25-21(26)20-13-19(23-24-20)16-7-11-18(12-8-16)28-4-2/h5-14H,3-4H2,1-2H3,(H,23,24)(H,25,26)/b22-14-. The lowest BCUT2D eigenvalue weighted by Gasteiger charge is -2.02. The molecular formula is C21H22N4O3. The molecule has 1 amide bonds. The molecule has 1 aromatic heterocycles. The summed E-state index contributed by atoms with van der Waals surface area (Å²) in [6, 6.07) is 16.6. The molecule has 144 valence electrons. The van der Waals surface area contributed by atoms with E-state index in [1.807, 2.05) is 62.4 Å². The molecule has 0 unspecified atom stereocenters. The average Bonchev–Trinajstić information content (AvgIpc) is 3.21. The molecule has 3 aromatic rings. The molecule has 2 aromatic carbocycles. The second kappa shape index (κ2) is 9.36. The van der Waals surface area contributed by atoms with Crippen molar-refractivity contribution in [2.24, 2.45) is 5.10 Å². The molecule has 2 N–H and O–H groups in total. The van der Waals surface area contributed by atoms with Gasteiger partial charge in [0.1, 0.15) is 17.2 Å². The predicted octanol–water partition coefficient (Wildman–Crippen LogP) is 3.64. The van der Waals surface area contributed by atoms with Crippen molar-refractivity contribution in [3.05, 3.63) is 65.9 Å². The number of carbonyl (C=O) groups is 1. The van der Waals surface area contributed by atoms with Crippen LogP contribution in [0.3, 0.4) is 0 Å². The monoisotopic (exact) mass is 378 g/mol. The average molecular weight is 378 g/mol. The number of nitrogens with one attached hydrogen (secondary N) is 2. The molecule has 7 nitrogen and oxygen atoms in total. The fourth-order valence-corrected chi connectivity index (χ4v) is 2.52. The van der Waals surface area contributed by atoms with E-state index in [9.17, 15) is 4.79 Å². The Balaban J connectivity index is 1.59. The summed E-state index contributed by atoms with van der Waals surface area (Å²) in [5, 5.41) is 10.9. The maximum atomic E-state index is 12.2. The number of rotatable bonds is 8. The number of hydrogen-bond donors (Lipinski definition) is 2. The molecule has 0 radical (unpaired) electrons. The molecule has 0 saturated carbocycles. The zero-order valence-electron chi connectivity index (χ0n) is 15.8. The summed E-state index contributed by atoms with van der Waals surface area (Å²) in [5.74, 6) is 1.22. The third kappa shape index (κ3) is 4.97. The summed E-state index contributed by atoms with van der Waals surface area (Å²) in [5.41, 5.74) is 5.22. The van der Waals surface area contributed by atoms with Gasteiger partial charge in [-0.2, -0.15) is 10.2 Å². The van der Waals surface area contributed by atoms with Gasteiger partial charge in [0.05, 0.1) is 25.1 Å². The highest BCUT2D eigenvalue weighted by Crippen LogP contribution is 2.21. The van der Waals surface area contributed by atoms with E-state index >= 15 is 0 Å². The summed E-state index contributed by atoms with van der Waals surface area (Å²) in [6.45, 7) is 5.10. The summed E-state index contributed by atoms with van der Waals surface area (Å²) in [6.07, 6.45) is 1.57. The van der Waals surface area contributed by atoms with E-state index in [2.05, 4.69) is 20.7 Å². The first kappa shape index (κ1) is 19.2. The van der Waals surface area contributed by atoms with Gasteiger partial charge in [0, 0.05) is 5.56 Å². The van der Waals surface area contributed by atoms with Crippen LogP contribution in [0.25, 0.3) is 11.3 Å². The molecule has 3 rings (SSSR count). The Hall–Kier alpha value is -3.61. The zero-order valence-corrected chi connectivity index (χ0v) is 15.8. The Morgan fingerprint density at radius 2 is 1.64 bits per heavy atom. The van der Waals surface area contributed by atoms with Crippen LogP contribution in [0.4, 0.5) is 0 Å². The molecule has 0 atom stereocenters. The fraction of sp³-hybridized carbons (Fsp3) is 0.190. The smallest absolute Gasteiger partial charge is 0.289 e. The van der Waals surface area contributed by atoms with Crippen molar-refractivity contribution in [2.45, 2.75) is 13.8 Å². The molecule has 0 aliphatic carbocycles. The SMILES string of the molecule is CCOc1ccc(/C=N\NC(=O)c2cc(-c3ccc(OCC)cc3)n[nH]2)cc1. The number of hydrogen-bond acceptors (Lipinski definition) is 5. The molecule has 0 aliphatic rings. The second-order valence-corrected chi connectivity index (χ2v) is 5.83. The lowest BCUT2D eigenvalue weighted by molar-refractivity contribution is 0.0950. The Labute approximate surface area is 163 Å². The van der Waals surface area contributed by atoms with Gasteiger partial charge in [-0.05, 0) is 74.0 Å². The lowest BCUT2D eigenvalue weighted by atomic mass is 10.1. The number of aromatic amines is 1. The Bertz CT molecular complexity index is 931. The van der Waals surface area contributed by atoms with Crippen LogP contribution in [0.15, 0.2) is 59.7 Å². The lowest BCUT2D eigenvalue weighted by Crippen LogP contribution is -2.17. The van der Waals surface area contributed by atoms with Gasteiger partial charge >= 0.3 is 0 Å². The maximum absolute atomic E-state index is 12.2. The van der Waals surface area contributed by atoms with Crippen molar-refractivity contribution < 1.29 is 14.3 Å². The molecule has 0 spiro atoms. The minimum absolute atomic E-state index is 0.327. The van der Waals surface area contributed by atoms with E-state index in [-0.39, 0.29) is 5.91 Å². The largest absolute Gasteiger partial charge is 0.494 e. The van der Waals surface area contributed by atoms with Gasteiger partial charge in [0.25, 0.3) is 5.91 Å². The van der Waals surface area contributed by atoms with Gasteiger partial charge in [-0.3, -0.25) is 9.89 Å². The van der Waals surface area contributed by atoms with Gasteiger partial charge in [-0.25, -0.2) is 5.43 Å². The summed E-state index contributed by atoms with van der Waals surface area (Å²) >= 11 is 0. The third-order valence-corrected chi connectivity index (χ3v) is 3.85. The molecule has 0 fully saturated rings. The van der Waals surface area contributed by atoms with E-state index in [0.29, 0.717) is 24.6 Å². The van der Waals surface area contributed by atoms with Crippen LogP contribution < -0.4 is 14.9 Å². The quantitative estimate of drug-likeness (QED) is 0.463. The predicted molar refractivity (Wildman–Crippen MR) is 108 cm³/mol. The minimum Gasteiger partial charge on any atom is -0.494 e. The first-order valence-corrected chi connectivity index (χ1v) is 9.04. The number of carbonyl (C=O) groups excluding carboxylic acids is 1. The van der Waals surface area contributed by atoms with E-state index in [1.54, 1.807) is 12.3 Å². The number of H-pyrrole nitrogens is 1. The molecule has 0 aliphatic heterocycles. The molecule has 7 heteroatoms. The highest BCUT2D eigenvalue weighted by Gasteiger charge is 2.10. The molecule has 0 saturated heterocycles. The summed E-state index contributed by atoms with van der Waals surface area (Å²) in [7, 11) is 0. The summed E-state index contributed by atoms with van der Waals surface area (Å²) in [4.78, 5) is 12.2. The normalized spacial score (nSPS) is 10.8. The van der Waals surface area contributed by atoms with Crippen LogP contribution in [-0.2, 0) is 0 Å². The fourth-order valence-electron chi connectivity index (χ4n) is 2.52. The number of ether oxygens (including phenoxy) is 2. The first-order valence-electron chi connectivity index (χ1n) is 9.04. The second-order valence-electron chi connectivity index (χ2n) is 5.83. The highest BCUT2D eigenvalue weighted by molar-refractivity contribution is 5.94. The number of aromatic nitrogens is 2. The van der Waals surface area contributed by atoms with Crippen LogP contribution in [0.5, 0.6) is 11.5 Å². The Morgan fingerprint density at radius 3 is 2.25 bits per heavy atom. The maximum Gasteiger partial charge on any atom is 0.289 e. The molecular weight excluding hydrogens is 356 g/mol. The van der Waals surface area contributed by atoms with Gasteiger partial charge in [0.2, 0.25) is 0 Å². The van der Waals surface area contributed by atoms with E-state index < -0.39 is 0 Å². The number of benzene rings is 2. The van der Waals surface area contributed by atoms with Crippen molar-refractivity contribution >= 4 is 12.1 Å². The van der Waals surface area contributed by atoms with Gasteiger partial charge in [-0.1, -0.05) is 0 Å². The van der Waals surface area contributed by atoms with Gasteiger partial charge in [-0.15, -0.1) is 0 Å². The van der Waals surface area contributed by atoms with Crippen molar-refractivity contribution in [2.75, 3.05) is 13.2 Å². The topological polar surface area (TPSA) is 88.6 Å². The highest BCUT2D eigenvalue weighted by atomic mass is 16.5. The zero-order chi connectivity index (χ0) is 19.8. The Kier molecular flexibility index (Phi) is 6.41. The van der Waals surface area contributed by atoms with Crippen LogP contribution in [0.1, 0.15) is 29.9 Å². The minimum atomic E-state index is -0.369. The molecule has 28 heavy (non-hydrogen) atoms. The van der Waals surface area contributed by atoms with Crippen LogP contribution in [0, 0.1) is 0 Å². The number of hydrazone groups is 1. The van der Waals surface area contributed by atoms with Crippen LogP contribution >= 0.6 is 0 Å². The van der Waals surface area contributed by atoms with E-state index in [4.69, 9.17) is 9.47 Å². The first-order chi connectivity index (χ1) is 13.7. The van der Waals surface area contributed by atoms with Crippen molar-refractivity contribution in [1.82, 2.24) is 15.6 Å². The van der Waals surface area contributed by atoms with Crippen molar-refractivity contribution in [3.8, 4) is 22.8 Å². The van der Waals surface area contributed by atoms with Crippen molar-refractivity contribution in [1.29, 1.82) is 0 Å². The number of amides is 1. The summed E-state index contributed by atoms with van der Waals surface area (Å²) < 4.78 is 10.8. The van der Waals surface area contributed by atoms with Crippen molar-refractivity contribution in [3.63, 3.8) is 0 Å².